The maximum Gasteiger partial charge on any atom is 0.239 e. The summed E-state index contributed by atoms with van der Waals surface area (Å²) in [6.45, 7) is 3.85. The number of nitrogens with one attached hydrogen (secondary N) is 1. The van der Waals surface area contributed by atoms with E-state index in [2.05, 4.69) is 5.32 Å². The van der Waals surface area contributed by atoms with Gasteiger partial charge in [-0.05, 0) is 49.9 Å². The Morgan fingerprint density at radius 1 is 1.30 bits per heavy atom. The van der Waals surface area contributed by atoms with Gasteiger partial charge < -0.3 is 5.32 Å². The molecule has 110 valence electrons. The quantitative estimate of drug-likeness (QED) is 0.898. The van der Waals surface area contributed by atoms with Gasteiger partial charge in [0.15, 0.2) is 0 Å². The van der Waals surface area contributed by atoms with E-state index in [1.165, 1.54) is 4.31 Å². The van der Waals surface area contributed by atoms with Crippen molar-refractivity contribution in [2.45, 2.75) is 32.7 Å². The van der Waals surface area contributed by atoms with Gasteiger partial charge >= 0.3 is 0 Å². The van der Waals surface area contributed by atoms with Crippen LogP contribution in [-0.2, 0) is 14.8 Å². The topological polar surface area (TPSA) is 66.5 Å². The van der Waals surface area contributed by atoms with Crippen LogP contribution in [0.2, 0.25) is 0 Å². The molecule has 5 nitrogen and oxygen atoms in total. The zero-order valence-electron chi connectivity index (χ0n) is 12.0. The molecule has 1 aliphatic rings. The molecule has 0 aromatic heterocycles. The predicted molar refractivity (Wildman–Crippen MR) is 79.1 cm³/mol. The third-order valence-electron chi connectivity index (χ3n) is 3.47. The number of rotatable bonds is 5. The number of carbonyl (C=O) groups is 1. The first-order chi connectivity index (χ1) is 9.27. The van der Waals surface area contributed by atoms with Crippen LogP contribution in [0.3, 0.4) is 0 Å². The number of amides is 1. The van der Waals surface area contributed by atoms with Crippen molar-refractivity contribution in [3.05, 3.63) is 29.3 Å². The molecular formula is C14H20N2O3S. The fourth-order valence-corrected chi connectivity index (χ4v) is 3.15. The third-order valence-corrected chi connectivity index (χ3v) is 4.75. The second kappa shape index (κ2) is 5.54. The maximum absolute atomic E-state index is 12.0. The lowest BCUT2D eigenvalue weighted by atomic mass is 10.1. The average Bonchev–Trinajstić information content (AvgIpc) is 3.13. The molecule has 1 aromatic rings. The number of sulfonamides is 1. The van der Waals surface area contributed by atoms with E-state index in [-0.39, 0.29) is 18.5 Å². The van der Waals surface area contributed by atoms with E-state index in [0.29, 0.717) is 5.69 Å². The molecule has 0 atom stereocenters. The molecule has 20 heavy (non-hydrogen) atoms. The van der Waals surface area contributed by atoms with E-state index in [0.717, 1.165) is 30.2 Å². The van der Waals surface area contributed by atoms with Crippen molar-refractivity contribution in [1.82, 2.24) is 4.31 Å². The molecular weight excluding hydrogens is 276 g/mol. The Hall–Kier alpha value is -1.40. The van der Waals surface area contributed by atoms with Gasteiger partial charge in [-0.3, -0.25) is 4.79 Å². The molecule has 2 rings (SSSR count). The van der Waals surface area contributed by atoms with Crippen molar-refractivity contribution >= 4 is 21.6 Å². The number of carbonyl (C=O) groups excluding carboxylic acids is 1. The zero-order valence-corrected chi connectivity index (χ0v) is 12.8. The van der Waals surface area contributed by atoms with Crippen LogP contribution in [0.1, 0.15) is 24.0 Å². The van der Waals surface area contributed by atoms with Gasteiger partial charge in [-0.1, -0.05) is 6.07 Å². The van der Waals surface area contributed by atoms with Crippen molar-refractivity contribution in [1.29, 1.82) is 0 Å². The van der Waals surface area contributed by atoms with Gasteiger partial charge in [0.1, 0.15) is 0 Å². The molecule has 1 aliphatic carbocycles. The lowest BCUT2D eigenvalue weighted by Gasteiger charge is -2.18. The third kappa shape index (κ3) is 3.80. The largest absolute Gasteiger partial charge is 0.325 e. The van der Waals surface area contributed by atoms with Gasteiger partial charge in [0.2, 0.25) is 15.9 Å². The minimum atomic E-state index is -3.33. The molecule has 0 bridgehead atoms. The Labute approximate surface area is 120 Å². The monoisotopic (exact) mass is 296 g/mol. The molecule has 1 fully saturated rings. The van der Waals surface area contributed by atoms with Crippen LogP contribution in [0, 0.1) is 13.8 Å². The normalized spacial score (nSPS) is 15.4. The molecule has 1 aromatic carbocycles. The van der Waals surface area contributed by atoms with E-state index in [4.69, 9.17) is 0 Å². The Balaban J connectivity index is 2.02. The van der Waals surface area contributed by atoms with E-state index in [1.807, 2.05) is 32.0 Å². The highest BCUT2D eigenvalue weighted by atomic mass is 32.2. The highest BCUT2D eigenvalue weighted by molar-refractivity contribution is 7.88. The molecule has 6 heteroatoms. The SMILES string of the molecule is Cc1ccc(NC(=O)CN(C2CC2)S(C)(=O)=O)cc1C. The summed E-state index contributed by atoms with van der Waals surface area (Å²) in [5.74, 6) is -0.300. The Morgan fingerprint density at radius 2 is 1.95 bits per heavy atom. The summed E-state index contributed by atoms with van der Waals surface area (Å²) in [4.78, 5) is 12.0. The molecule has 0 saturated heterocycles. The standard InChI is InChI=1S/C14H20N2O3S/c1-10-4-5-12(8-11(10)2)15-14(17)9-16(13-6-7-13)20(3,18)19/h4-5,8,13H,6-7,9H2,1-3H3,(H,15,17). The van der Waals surface area contributed by atoms with Crippen molar-refractivity contribution in [3.63, 3.8) is 0 Å². The van der Waals surface area contributed by atoms with Crippen LogP contribution in [0.5, 0.6) is 0 Å². The Morgan fingerprint density at radius 3 is 2.45 bits per heavy atom. The summed E-state index contributed by atoms with van der Waals surface area (Å²) in [6, 6.07) is 5.63. The summed E-state index contributed by atoms with van der Waals surface area (Å²) in [7, 11) is -3.33. The van der Waals surface area contributed by atoms with E-state index >= 15 is 0 Å². The van der Waals surface area contributed by atoms with E-state index in [1.54, 1.807) is 0 Å². The van der Waals surface area contributed by atoms with Crippen LogP contribution in [0.25, 0.3) is 0 Å². The number of hydrogen-bond donors (Lipinski definition) is 1. The summed E-state index contributed by atoms with van der Waals surface area (Å²) in [5, 5.41) is 2.75. The first-order valence-electron chi connectivity index (χ1n) is 6.61. The number of nitrogens with zero attached hydrogens (tertiary/aromatic N) is 1. The Kier molecular flexibility index (Phi) is 4.15. The highest BCUT2D eigenvalue weighted by Gasteiger charge is 2.36. The fraction of sp³-hybridized carbons (Fsp3) is 0.500. The number of benzene rings is 1. The van der Waals surface area contributed by atoms with Crippen molar-refractivity contribution in [3.8, 4) is 0 Å². The van der Waals surface area contributed by atoms with Gasteiger partial charge in [-0.2, -0.15) is 4.31 Å². The molecule has 0 unspecified atom stereocenters. The first-order valence-corrected chi connectivity index (χ1v) is 8.46. The summed E-state index contributed by atoms with van der Waals surface area (Å²) in [5.41, 5.74) is 2.94. The lowest BCUT2D eigenvalue weighted by Crippen LogP contribution is -2.38. The minimum absolute atomic E-state index is 0.00416. The van der Waals surface area contributed by atoms with Gasteiger partial charge in [-0.15, -0.1) is 0 Å². The van der Waals surface area contributed by atoms with Gasteiger partial charge in [0.05, 0.1) is 12.8 Å². The van der Waals surface area contributed by atoms with Crippen LogP contribution in [0.4, 0.5) is 5.69 Å². The molecule has 1 N–H and O–H groups in total. The number of aryl methyl sites for hydroxylation is 2. The van der Waals surface area contributed by atoms with Gasteiger partial charge in [-0.25, -0.2) is 8.42 Å². The second-order valence-electron chi connectivity index (χ2n) is 5.39. The van der Waals surface area contributed by atoms with Crippen molar-refractivity contribution in [2.75, 3.05) is 18.1 Å². The minimum Gasteiger partial charge on any atom is -0.325 e. The van der Waals surface area contributed by atoms with Crippen LogP contribution >= 0.6 is 0 Å². The van der Waals surface area contributed by atoms with Crippen LogP contribution < -0.4 is 5.32 Å². The van der Waals surface area contributed by atoms with Crippen molar-refractivity contribution in [2.24, 2.45) is 0 Å². The smallest absolute Gasteiger partial charge is 0.239 e. The molecule has 0 aliphatic heterocycles. The van der Waals surface area contributed by atoms with Crippen LogP contribution in [0.15, 0.2) is 18.2 Å². The summed E-state index contributed by atoms with van der Waals surface area (Å²) in [6.07, 6.45) is 2.82. The predicted octanol–water partition coefficient (Wildman–Crippen LogP) is 1.67. The van der Waals surface area contributed by atoms with Crippen molar-refractivity contribution < 1.29 is 13.2 Å². The van der Waals surface area contributed by atoms with E-state index < -0.39 is 10.0 Å². The molecule has 0 radical (unpaired) electrons. The lowest BCUT2D eigenvalue weighted by molar-refractivity contribution is -0.116. The molecule has 1 saturated carbocycles. The molecule has 0 heterocycles. The molecule has 0 spiro atoms. The van der Waals surface area contributed by atoms with Gasteiger partial charge in [0.25, 0.3) is 0 Å². The van der Waals surface area contributed by atoms with Gasteiger partial charge in [0, 0.05) is 11.7 Å². The zero-order chi connectivity index (χ0) is 14.9. The van der Waals surface area contributed by atoms with Crippen LogP contribution in [-0.4, -0.2) is 37.5 Å². The van der Waals surface area contributed by atoms with E-state index in [9.17, 15) is 13.2 Å². The number of anilines is 1. The first kappa shape index (κ1) is 15.0. The highest BCUT2D eigenvalue weighted by Crippen LogP contribution is 2.28. The second-order valence-corrected chi connectivity index (χ2v) is 7.32. The summed E-state index contributed by atoms with van der Waals surface area (Å²) < 4.78 is 24.6. The Bertz CT molecular complexity index is 621. The summed E-state index contributed by atoms with van der Waals surface area (Å²) >= 11 is 0. The molecule has 1 amide bonds. The average molecular weight is 296 g/mol. The number of hydrogen-bond acceptors (Lipinski definition) is 3. The maximum atomic E-state index is 12.0. The fourth-order valence-electron chi connectivity index (χ4n) is 2.04.